The first-order chi connectivity index (χ1) is 7.79. The molecule has 2 atom stereocenters. The van der Waals surface area contributed by atoms with Gasteiger partial charge in [-0.15, -0.1) is 11.8 Å². The highest BCUT2D eigenvalue weighted by Gasteiger charge is 2.23. The van der Waals surface area contributed by atoms with E-state index in [-0.39, 0.29) is 6.10 Å². The summed E-state index contributed by atoms with van der Waals surface area (Å²) in [5, 5.41) is 10.2. The topological polar surface area (TPSA) is 29.5 Å². The summed E-state index contributed by atoms with van der Waals surface area (Å²) in [6, 6.07) is 8.06. The third-order valence-electron chi connectivity index (χ3n) is 3.01. The minimum atomic E-state index is -0.138. The lowest BCUT2D eigenvalue weighted by atomic mass is 9.97. The maximum atomic E-state index is 9.89. The van der Waals surface area contributed by atoms with Crippen molar-refractivity contribution < 1.29 is 9.84 Å². The van der Waals surface area contributed by atoms with Crippen molar-refractivity contribution in [3.8, 4) is 5.75 Å². The van der Waals surface area contributed by atoms with E-state index in [2.05, 4.69) is 12.1 Å². The van der Waals surface area contributed by atoms with Crippen LogP contribution in [0.25, 0.3) is 0 Å². The third kappa shape index (κ3) is 2.92. The number of aliphatic hydroxyl groups excluding tert-OH is 1. The molecule has 2 unspecified atom stereocenters. The van der Waals surface area contributed by atoms with Gasteiger partial charge in [-0.2, -0.15) is 0 Å². The van der Waals surface area contributed by atoms with Gasteiger partial charge in [-0.1, -0.05) is 12.8 Å². The van der Waals surface area contributed by atoms with Crippen LogP contribution in [0.4, 0.5) is 0 Å². The number of rotatable bonds is 3. The summed E-state index contributed by atoms with van der Waals surface area (Å²) in [6.07, 6.45) is 4.35. The fourth-order valence-electron chi connectivity index (χ4n) is 2.04. The van der Waals surface area contributed by atoms with Gasteiger partial charge in [0.05, 0.1) is 13.2 Å². The van der Waals surface area contributed by atoms with Crippen molar-refractivity contribution in [2.24, 2.45) is 0 Å². The van der Waals surface area contributed by atoms with Crippen molar-refractivity contribution in [1.82, 2.24) is 0 Å². The molecule has 16 heavy (non-hydrogen) atoms. The lowest BCUT2D eigenvalue weighted by Crippen LogP contribution is -2.26. The van der Waals surface area contributed by atoms with Crippen LogP contribution in [0.5, 0.6) is 5.75 Å². The van der Waals surface area contributed by atoms with Crippen molar-refractivity contribution in [3.05, 3.63) is 24.3 Å². The van der Waals surface area contributed by atoms with Gasteiger partial charge in [0.25, 0.3) is 0 Å². The molecule has 0 saturated heterocycles. The van der Waals surface area contributed by atoms with Crippen LogP contribution in [-0.4, -0.2) is 23.6 Å². The molecule has 0 aromatic heterocycles. The molecule has 1 aromatic rings. The number of hydrogen-bond acceptors (Lipinski definition) is 3. The van der Waals surface area contributed by atoms with Crippen LogP contribution in [0.1, 0.15) is 25.7 Å². The molecule has 0 heterocycles. The smallest absolute Gasteiger partial charge is 0.118 e. The molecule has 3 heteroatoms. The first-order valence-electron chi connectivity index (χ1n) is 5.78. The van der Waals surface area contributed by atoms with Crippen LogP contribution in [0.3, 0.4) is 0 Å². The van der Waals surface area contributed by atoms with E-state index in [9.17, 15) is 5.11 Å². The molecule has 1 saturated carbocycles. The van der Waals surface area contributed by atoms with Gasteiger partial charge in [0.15, 0.2) is 0 Å². The third-order valence-corrected chi connectivity index (χ3v) is 4.41. The molecule has 0 radical (unpaired) electrons. The molecule has 1 fully saturated rings. The summed E-state index contributed by atoms with van der Waals surface area (Å²) in [6.45, 7) is 0. The summed E-state index contributed by atoms with van der Waals surface area (Å²) in [5.41, 5.74) is 0. The van der Waals surface area contributed by atoms with Gasteiger partial charge >= 0.3 is 0 Å². The van der Waals surface area contributed by atoms with E-state index >= 15 is 0 Å². The first kappa shape index (κ1) is 11.8. The molecule has 0 bridgehead atoms. The van der Waals surface area contributed by atoms with E-state index in [1.54, 1.807) is 18.9 Å². The first-order valence-corrected chi connectivity index (χ1v) is 6.66. The number of benzene rings is 1. The Morgan fingerprint density at radius 2 is 1.88 bits per heavy atom. The van der Waals surface area contributed by atoms with Crippen molar-refractivity contribution >= 4 is 11.8 Å². The summed E-state index contributed by atoms with van der Waals surface area (Å²) in [4.78, 5) is 1.21. The largest absolute Gasteiger partial charge is 0.497 e. The van der Waals surface area contributed by atoms with Gasteiger partial charge in [0.1, 0.15) is 5.75 Å². The average Bonchev–Trinajstić information content (AvgIpc) is 2.33. The molecule has 1 N–H and O–H groups in total. The monoisotopic (exact) mass is 238 g/mol. The lowest BCUT2D eigenvalue weighted by Gasteiger charge is -2.26. The summed E-state index contributed by atoms with van der Waals surface area (Å²) in [5.74, 6) is 0.883. The van der Waals surface area contributed by atoms with E-state index in [1.165, 1.54) is 17.7 Å². The average molecular weight is 238 g/mol. The Hall–Kier alpha value is -0.670. The molecular formula is C13H18O2S. The normalized spacial score (nSPS) is 25.4. The van der Waals surface area contributed by atoms with Crippen LogP contribution in [0.2, 0.25) is 0 Å². The van der Waals surface area contributed by atoms with E-state index in [0.29, 0.717) is 5.25 Å². The number of thioether (sulfide) groups is 1. The molecular weight excluding hydrogens is 220 g/mol. The molecule has 2 rings (SSSR count). The summed E-state index contributed by atoms with van der Waals surface area (Å²) < 4.78 is 5.12. The number of methoxy groups -OCH3 is 1. The number of hydrogen-bond donors (Lipinski definition) is 1. The van der Waals surface area contributed by atoms with Crippen LogP contribution in [0, 0.1) is 0 Å². The van der Waals surface area contributed by atoms with Crippen LogP contribution < -0.4 is 4.74 Å². The Labute approximate surface area is 101 Å². The minimum Gasteiger partial charge on any atom is -0.497 e. The van der Waals surface area contributed by atoms with E-state index in [4.69, 9.17) is 4.74 Å². The Balaban J connectivity index is 1.96. The Morgan fingerprint density at radius 3 is 2.50 bits per heavy atom. The van der Waals surface area contributed by atoms with Gasteiger partial charge in [0.2, 0.25) is 0 Å². The quantitative estimate of drug-likeness (QED) is 0.877. The van der Waals surface area contributed by atoms with Gasteiger partial charge in [0, 0.05) is 10.1 Å². The van der Waals surface area contributed by atoms with Gasteiger partial charge in [-0.05, 0) is 37.1 Å². The zero-order valence-corrected chi connectivity index (χ0v) is 10.4. The van der Waals surface area contributed by atoms with Crippen molar-refractivity contribution in [1.29, 1.82) is 0 Å². The van der Waals surface area contributed by atoms with Crippen molar-refractivity contribution in [2.45, 2.75) is 41.9 Å². The Bertz CT molecular complexity index is 323. The summed E-state index contributed by atoms with van der Waals surface area (Å²) in [7, 11) is 1.67. The van der Waals surface area contributed by atoms with Crippen LogP contribution in [0.15, 0.2) is 29.2 Å². The second-order valence-corrected chi connectivity index (χ2v) is 5.50. The Morgan fingerprint density at radius 1 is 1.19 bits per heavy atom. The second kappa shape index (κ2) is 5.60. The molecule has 1 aliphatic carbocycles. The fourth-order valence-corrected chi connectivity index (χ4v) is 3.26. The zero-order valence-electron chi connectivity index (χ0n) is 9.56. The standard InChI is InChI=1S/C13H18O2S/c1-15-10-6-8-11(9-7-10)16-13-5-3-2-4-12(13)14/h6-9,12-14H,2-5H2,1H3. The molecule has 0 amide bonds. The Kier molecular flexibility index (Phi) is 4.13. The zero-order chi connectivity index (χ0) is 11.4. The molecule has 0 aliphatic heterocycles. The molecule has 1 aliphatic rings. The minimum absolute atomic E-state index is 0.138. The molecule has 1 aromatic carbocycles. The van der Waals surface area contributed by atoms with E-state index in [1.807, 2.05) is 12.1 Å². The fraction of sp³-hybridized carbons (Fsp3) is 0.538. The number of aliphatic hydroxyl groups is 1. The van der Waals surface area contributed by atoms with Crippen molar-refractivity contribution in [3.63, 3.8) is 0 Å². The summed E-state index contributed by atoms with van der Waals surface area (Å²) >= 11 is 1.79. The molecule has 0 spiro atoms. The molecule has 88 valence electrons. The highest BCUT2D eigenvalue weighted by atomic mass is 32.2. The molecule has 2 nitrogen and oxygen atoms in total. The van der Waals surface area contributed by atoms with Crippen molar-refractivity contribution in [2.75, 3.05) is 7.11 Å². The predicted molar refractivity (Wildman–Crippen MR) is 67.1 cm³/mol. The van der Waals surface area contributed by atoms with Gasteiger partial charge < -0.3 is 9.84 Å². The van der Waals surface area contributed by atoms with Gasteiger partial charge in [-0.3, -0.25) is 0 Å². The van der Waals surface area contributed by atoms with Crippen LogP contribution in [-0.2, 0) is 0 Å². The predicted octanol–water partition coefficient (Wildman–Crippen LogP) is 3.09. The maximum absolute atomic E-state index is 9.89. The van der Waals surface area contributed by atoms with Crippen LogP contribution >= 0.6 is 11.8 Å². The second-order valence-electron chi connectivity index (χ2n) is 4.18. The highest BCUT2D eigenvalue weighted by Crippen LogP contribution is 2.34. The highest BCUT2D eigenvalue weighted by molar-refractivity contribution is 8.00. The van der Waals surface area contributed by atoms with Gasteiger partial charge in [-0.25, -0.2) is 0 Å². The number of ether oxygens (including phenoxy) is 1. The van der Waals surface area contributed by atoms with E-state index in [0.717, 1.165) is 18.6 Å². The van der Waals surface area contributed by atoms with E-state index < -0.39 is 0 Å². The SMILES string of the molecule is COc1ccc(SC2CCCCC2O)cc1. The maximum Gasteiger partial charge on any atom is 0.118 e. The lowest BCUT2D eigenvalue weighted by molar-refractivity contribution is 0.137.